The fraction of sp³-hybridized carbons (Fsp3) is 0.273. The molecular formula is C11H14N2O2S. The van der Waals surface area contributed by atoms with Crippen molar-refractivity contribution < 1.29 is 9.53 Å². The molecule has 0 atom stereocenters. The molecule has 0 saturated heterocycles. The first-order chi connectivity index (χ1) is 7.68. The lowest BCUT2D eigenvalue weighted by Gasteiger charge is -2.07. The Morgan fingerprint density at radius 3 is 2.69 bits per heavy atom. The van der Waals surface area contributed by atoms with Crippen molar-refractivity contribution in [3.8, 4) is 5.75 Å². The first-order valence-corrected chi connectivity index (χ1v) is 5.32. The zero-order chi connectivity index (χ0) is 11.8. The Morgan fingerprint density at radius 2 is 2.06 bits per heavy atom. The van der Waals surface area contributed by atoms with Gasteiger partial charge >= 0.3 is 0 Å². The van der Waals surface area contributed by atoms with Crippen LogP contribution in [0, 0.1) is 0 Å². The van der Waals surface area contributed by atoms with Gasteiger partial charge in [0, 0.05) is 0 Å². The number of hydrogen-bond donors (Lipinski definition) is 2. The topological polar surface area (TPSA) is 64.4 Å². The molecule has 0 unspecified atom stereocenters. The van der Waals surface area contributed by atoms with E-state index in [2.05, 4.69) is 17.5 Å². The van der Waals surface area contributed by atoms with Gasteiger partial charge in [0.1, 0.15) is 12.4 Å². The van der Waals surface area contributed by atoms with Gasteiger partial charge < -0.3 is 15.8 Å². The summed E-state index contributed by atoms with van der Waals surface area (Å²) in [5, 5.41) is 2.65. The molecule has 3 N–H and O–H groups in total. The van der Waals surface area contributed by atoms with Gasteiger partial charge in [-0.1, -0.05) is 30.4 Å². The molecule has 86 valence electrons. The third kappa shape index (κ3) is 5.31. The molecule has 0 saturated carbocycles. The first kappa shape index (κ1) is 12.4. The average molecular weight is 238 g/mol. The zero-order valence-electron chi connectivity index (χ0n) is 8.81. The highest BCUT2D eigenvalue weighted by Crippen LogP contribution is 2.07. The SMILES string of the molecule is NC(=S)CC(=O)NCCOc1ccccc1. The normalized spacial score (nSPS) is 9.50. The standard InChI is InChI=1S/C11H14N2O2S/c12-10(16)8-11(14)13-6-7-15-9-4-2-1-3-5-9/h1-5H,6-8H2,(H2,12,16)(H,13,14). The van der Waals surface area contributed by atoms with E-state index in [0.29, 0.717) is 13.2 Å². The number of rotatable bonds is 6. The lowest BCUT2D eigenvalue weighted by atomic mass is 10.3. The second-order valence-corrected chi connectivity index (χ2v) is 3.68. The molecule has 16 heavy (non-hydrogen) atoms. The van der Waals surface area contributed by atoms with E-state index in [1.54, 1.807) is 0 Å². The van der Waals surface area contributed by atoms with E-state index in [1.807, 2.05) is 30.3 Å². The molecule has 5 heteroatoms. The highest BCUT2D eigenvalue weighted by molar-refractivity contribution is 7.80. The summed E-state index contributed by atoms with van der Waals surface area (Å²) in [6, 6.07) is 9.41. The van der Waals surface area contributed by atoms with Crippen LogP contribution in [0.25, 0.3) is 0 Å². The van der Waals surface area contributed by atoms with E-state index in [0.717, 1.165) is 5.75 Å². The molecule has 1 amide bonds. The Bertz CT molecular complexity index is 354. The van der Waals surface area contributed by atoms with Crippen molar-refractivity contribution in [1.29, 1.82) is 0 Å². The smallest absolute Gasteiger partial charge is 0.226 e. The summed E-state index contributed by atoms with van der Waals surface area (Å²) in [5.74, 6) is 0.607. The van der Waals surface area contributed by atoms with Gasteiger partial charge in [0.25, 0.3) is 0 Å². The van der Waals surface area contributed by atoms with E-state index in [9.17, 15) is 4.79 Å². The van der Waals surface area contributed by atoms with Crippen molar-refractivity contribution in [3.63, 3.8) is 0 Å². The number of benzene rings is 1. The van der Waals surface area contributed by atoms with E-state index < -0.39 is 0 Å². The molecule has 0 heterocycles. The van der Waals surface area contributed by atoms with Crippen molar-refractivity contribution in [2.24, 2.45) is 5.73 Å². The Hall–Kier alpha value is -1.62. The lowest BCUT2D eigenvalue weighted by molar-refractivity contribution is -0.119. The maximum absolute atomic E-state index is 11.1. The molecule has 0 aliphatic carbocycles. The minimum absolute atomic E-state index is 0.0840. The lowest BCUT2D eigenvalue weighted by Crippen LogP contribution is -2.30. The van der Waals surface area contributed by atoms with Crippen LogP contribution in [0.2, 0.25) is 0 Å². The van der Waals surface area contributed by atoms with Gasteiger partial charge in [0.15, 0.2) is 0 Å². The Kier molecular flexibility index (Phi) is 5.28. The van der Waals surface area contributed by atoms with Crippen LogP contribution in [0.5, 0.6) is 5.75 Å². The van der Waals surface area contributed by atoms with Gasteiger partial charge in [-0.15, -0.1) is 0 Å². The Labute approximate surface area is 99.8 Å². The van der Waals surface area contributed by atoms with Gasteiger partial charge in [0.2, 0.25) is 5.91 Å². The summed E-state index contributed by atoms with van der Waals surface area (Å²) in [5.41, 5.74) is 5.23. The largest absolute Gasteiger partial charge is 0.492 e. The molecule has 0 fully saturated rings. The second kappa shape index (κ2) is 6.79. The van der Waals surface area contributed by atoms with E-state index in [4.69, 9.17) is 10.5 Å². The minimum Gasteiger partial charge on any atom is -0.492 e. The summed E-state index contributed by atoms with van der Waals surface area (Å²) in [6.45, 7) is 0.865. The highest BCUT2D eigenvalue weighted by atomic mass is 32.1. The number of hydrogen-bond acceptors (Lipinski definition) is 3. The van der Waals surface area contributed by atoms with Gasteiger partial charge in [-0.05, 0) is 12.1 Å². The average Bonchev–Trinajstić information content (AvgIpc) is 2.25. The summed E-state index contributed by atoms with van der Waals surface area (Å²) < 4.78 is 5.38. The van der Waals surface area contributed by atoms with Crippen molar-refractivity contribution in [2.45, 2.75) is 6.42 Å². The van der Waals surface area contributed by atoms with Gasteiger partial charge in [-0.2, -0.15) is 0 Å². The van der Waals surface area contributed by atoms with Crippen LogP contribution in [-0.2, 0) is 4.79 Å². The van der Waals surface area contributed by atoms with Crippen molar-refractivity contribution in [1.82, 2.24) is 5.32 Å². The van der Waals surface area contributed by atoms with E-state index in [1.165, 1.54) is 0 Å². The fourth-order valence-corrected chi connectivity index (χ4v) is 1.23. The molecule has 1 aromatic carbocycles. The molecule has 1 rings (SSSR count). The number of nitrogens with two attached hydrogens (primary N) is 1. The molecule has 0 spiro atoms. The number of thiocarbonyl (C=S) groups is 1. The van der Waals surface area contributed by atoms with Crippen LogP contribution in [0.4, 0.5) is 0 Å². The van der Waals surface area contributed by atoms with Crippen molar-refractivity contribution in [2.75, 3.05) is 13.2 Å². The summed E-state index contributed by atoms with van der Waals surface area (Å²) in [6.07, 6.45) is 0.0840. The number of carbonyl (C=O) groups excluding carboxylic acids is 1. The monoisotopic (exact) mass is 238 g/mol. The van der Waals surface area contributed by atoms with Crippen LogP contribution in [0.1, 0.15) is 6.42 Å². The highest BCUT2D eigenvalue weighted by Gasteiger charge is 2.01. The summed E-state index contributed by atoms with van der Waals surface area (Å²) in [7, 11) is 0. The van der Waals surface area contributed by atoms with Crippen LogP contribution in [0.3, 0.4) is 0 Å². The van der Waals surface area contributed by atoms with Crippen molar-refractivity contribution >= 4 is 23.1 Å². The van der Waals surface area contributed by atoms with Crippen molar-refractivity contribution in [3.05, 3.63) is 30.3 Å². The molecule has 1 aromatic rings. The number of carbonyl (C=O) groups is 1. The van der Waals surface area contributed by atoms with Gasteiger partial charge in [-0.25, -0.2) is 0 Å². The summed E-state index contributed by atoms with van der Waals surface area (Å²) >= 11 is 4.61. The van der Waals surface area contributed by atoms with E-state index >= 15 is 0 Å². The molecular weight excluding hydrogens is 224 g/mol. The molecule has 0 bridgehead atoms. The Morgan fingerprint density at radius 1 is 1.38 bits per heavy atom. The number of ether oxygens (including phenoxy) is 1. The predicted octanol–water partition coefficient (Wildman–Crippen LogP) is 0.858. The van der Waals surface area contributed by atoms with Crippen LogP contribution >= 0.6 is 12.2 Å². The van der Waals surface area contributed by atoms with Gasteiger partial charge in [-0.3, -0.25) is 4.79 Å². The predicted molar refractivity (Wildman–Crippen MR) is 66.3 cm³/mol. The molecule has 4 nitrogen and oxygen atoms in total. The number of nitrogens with one attached hydrogen (secondary N) is 1. The minimum atomic E-state index is -0.177. The number of amides is 1. The maximum Gasteiger partial charge on any atom is 0.226 e. The fourth-order valence-electron chi connectivity index (χ4n) is 1.10. The van der Waals surface area contributed by atoms with Crippen LogP contribution in [0.15, 0.2) is 30.3 Å². The summed E-state index contributed by atoms with van der Waals surface area (Å²) in [4.78, 5) is 11.3. The molecule has 0 radical (unpaired) electrons. The van der Waals surface area contributed by atoms with E-state index in [-0.39, 0.29) is 17.3 Å². The number of para-hydroxylation sites is 1. The molecule has 0 aliphatic rings. The van der Waals surface area contributed by atoms with Gasteiger partial charge in [0.05, 0.1) is 18.0 Å². The second-order valence-electron chi connectivity index (χ2n) is 3.15. The molecule has 0 aromatic heterocycles. The molecule has 0 aliphatic heterocycles. The Balaban J connectivity index is 2.13. The quantitative estimate of drug-likeness (QED) is 0.570. The van der Waals surface area contributed by atoms with Crippen LogP contribution in [-0.4, -0.2) is 24.0 Å². The third-order valence-corrected chi connectivity index (χ3v) is 1.92. The first-order valence-electron chi connectivity index (χ1n) is 4.91. The van der Waals surface area contributed by atoms with Crippen LogP contribution < -0.4 is 15.8 Å². The third-order valence-electron chi connectivity index (χ3n) is 1.77. The maximum atomic E-state index is 11.1. The zero-order valence-corrected chi connectivity index (χ0v) is 9.63.